The molecule has 1 aliphatic rings. The molecule has 0 aliphatic carbocycles. The number of sulfone groups is 1. The van der Waals surface area contributed by atoms with Crippen molar-refractivity contribution in [2.24, 2.45) is 0 Å². The number of benzene rings is 2. The lowest BCUT2D eigenvalue weighted by atomic mass is 10.1. The highest BCUT2D eigenvalue weighted by atomic mass is 35.5. The van der Waals surface area contributed by atoms with Crippen LogP contribution in [-0.2, 0) is 21.1 Å². The fraction of sp³-hybridized carbons (Fsp3) is 0.0625. The molecule has 0 saturated carbocycles. The van der Waals surface area contributed by atoms with E-state index in [0.29, 0.717) is 26.9 Å². The minimum Gasteiger partial charge on any atom is -0.326 e. The molecule has 0 bridgehead atoms. The molecule has 4 nitrogen and oxygen atoms in total. The maximum Gasteiger partial charge on any atom is 0.228 e. The third-order valence-electron chi connectivity index (χ3n) is 3.40. The van der Waals surface area contributed by atoms with Gasteiger partial charge in [-0.25, -0.2) is 8.42 Å². The van der Waals surface area contributed by atoms with E-state index in [0.717, 1.165) is 5.41 Å². The molecule has 0 aromatic heterocycles. The van der Waals surface area contributed by atoms with Gasteiger partial charge < -0.3 is 5.32 Å². The summed E-state index contributed by atoms with van der Waals surface area (Å²) in [4.78, 5) is 12.3. The van der Waals surface area contributed by atoms with Crippen molar-refractivity contribution in [3.8, 4) is 0 Å². The summed E-state index contributed by atoms with van der Waals surface area (Å²) in [5.41, 5.74) is 1.68. The summed E-state index contributed by atoms with van der Waals surface area (Å²) < 4.78 is 23.7. The monoisotopic (exact) mass is 367 g/mol. The quantitative estimate of drug-likeness (QED) is 0.893. The van der Waals surface area contributed by atoms with Gasteiger partial charge in [-0.15, -0.1) is 0 Å². The van der Waals surface area contributed by atoms with Crippen LogP contribution in [0.25, 0.3) is 6.08 Å². The van der Waals surface area contributed by atoms with Gasteiger partial charge in [0.25, 0.3) is 0 Å². The second-order valence-electron chi connectivity index (χ2n) is 5.06. The molecule has 0 spiro atoms. The lowest BCUT2D eigenvalue weighted by Crippen LogP contribution is -2.15. The second kappa shape index (κ2) is 6.00. The van der Waals surface area contributed by atoms with Gasteiger partial charge in [-0.3, -0.25) is 4.79 Å². The average molecular weight is 368 g/mol. The zero-order valence-corrected chi connectivity index (χ0v) is 14.0. The highest BCUT2D eigenvalue weighted by Gasteiger charge is 2.21. The van der Waals surface area contributed by atoms with Crippen LogP contribution in [-0.4, -0.2) is 14.3 Å². The Labute approximate surface area is 143 Å². The summed E-state index contributed by atoms with van der Waals surface area (Å²) in [6.07, 6.45) is 1.60. The smallest absolute Gasteiger partial charge is 0.228 e. The summed E-state index contributed by atoms with van der Waals surface area (Å²) in [5, 5.41) is 4.73. The van der Waals surface area contributed by atoms with E-state index in [1.165, 1.54) is 12.1 Å². The van der Waals surface area contributed by atoms with E-state index >= 15 is 0 Å². The molecule has 7 heteroatoms. The molecule has 1 N–H and O–H groups in total. The Kier molecular flexibility index (Phi) is 4.19. The Balaban J connectivity index is 1.77. The van der Waals surface area contributed by atoms with Gasteiger partial charge >= 0.3 is 0 Å². The van der Waals surface area contributed by atoms with E-state index in [1.807, 2.05) is 0 Å². The largest absolute Gasteiger partial charge is 0.326 e. The number of amides is 1. The van der Waals surface area contributed by atoms with E-state index < -0.39 is 9.84 Å². The van der Waals surface area contributed by atoms with Gasteiger partial charge in [-0.05, 0) is 41.5 Å². The number of halogens is 2. The van der Waals surface area contributed by atoms with Gasteiger partial charge in [-0.2, -0.15) is 0 Å². The molecule has 0 unspecified atom stereocenters. The van der Waals surface area contributed by atoms with Crippen LogP contribution in [0.4, 0.5) is 5.69 Å². The molecular formula is C16H11Cl2NO3S. The number of nitrogens with one attached hydrogen (secondary N) is 1. The minimum absolute atomic E-state index is 0.0675. The Morgan fingerprint density at radius 2 is 1.87 bits per heavy atom. The van der Waals surface area contributed by atoms with Crippen LogP contribution in [0.3, 0.4) is 0 Å². The summed E-state index contributed by atoms with van der Waals surface area (Å²) in [6, 6.07) is 9.67. The molecule has 118 valence electrons. The molecule has 0 radical (unpaired) electrons. The van der Waals surface area contributed by atoms with Crippen LogP contribution in [0.15, 0.2) is 46.7 Å². The van der Waals surface area contributed by atoms with Gasteiger partial charge in [0.2, 0.25) is 15.7 Å². The lowest BCUT2D eigenvalue weighted by molar-refractivity contribution is -0.115. The summed E-state index contributed by atoms with van der Waals surface area (Å²) in [7, 11) is -3.40. The molecule has 3 rings (SSSR count). The third kappa shape index (κ3) is 3.42. The molecular weight excluding hydrogens is 357 g/mol. The normalized spacial score (nSPS) is 14.5. The zero-order chi connectivity index (χ0) is 16.6. The van der Waals surface area contributed by atoms with E-state index in [1.54, 1.807) is 30.3 Å². The first-order valence-electron chi connectivity index (χ1n) is 6.66. The van der Waals surface area contributed by atoms with Crippen LogP contribution in [0.5, 0.6) is 0 Å². The molecule has 0 fully saturated rings. The maximum atomic E-state index is 12.1. The van der Waals surface area contributed by atoms with E-state index in [2.05, 4.69) is 5.32 Å². The Morgan fingerprint density at radius 1 is 1.09 bits per heavy atom. The first kappa shape index (κ1) is 16.1. The molecule has 0 atom stereocenters. The van der Waals surface area contributed by atoms with Gasteiger partial charge in [0.05, 0.1) is 11.3 Å². The number of hydrogen-bond acceptors (Lipinski definition) is 3. The van der Waals surface area contributed by atoms with Crippen LogP contribution in [0, 0.1) is 0 Å². The van der Waals surface area contributed by atoms with Crippen molar-refractivity contribution in [2.45, 2.75) is 11.3 Å². The predicted octanol–water partition coefficient (Wildman–Crippen LogP) is 3.93. The van der Waals surface area contributed by atoms with Crippen LogP contribution in [0.1, 0.15) is 11.1 Å². The highest BCUT2D eigenvalue weighted by molar-refractivity contribution is 7.94. The van der Waals surface area contributed by atoms with E-state index in [9.17, 15) is 13.2 Å². The van der Waals surface area contributed by atoms with Crippen LogP contribution < -0.4 is 5.32 Å². The Bertz CT molecular complexity index is 936. The topological polar surface area (TPSA) is 63.2 Å². The average Bonchev–Trinajstić information content (AvgIpc) is 2.78. The first-order chi connectivity index (χ1) is 10.8. The van der Waals surface area contributed by atoms with Crippen molar-refractivity contribution < 1.29 is 13.2 Å². The number of fused-ring (bicyclic) bond motifs is 1. The third-order valence-corrected chi connectivity index (χ3v) is 5.44. The van der Waals surface area contributed by atoms with Gasteiger partial charge in [-0.1, -0.05) is 35.3 Å². The van der Waals surface area contributed by atoms with E-state index in [4.69, 9.17) is 23.2 Å². The second-order valence-corrected chi connectivity index (χ2v) is 7.71. The summed E-state index contributed by atoms with van der Waals surface area (Å²) >= 11 is 11.9. The molecule has 0 saturated heterocycles. The lowest BCUT2D eigenvalue weighted by Gasteiger charge is -2.08. The van der Waals surface area contributed by atoms with Gasteiger partial charge in [0.1, 0.15) is 0 Å². The van der Waals surface area contributed by atoms with Crippen molar-refractivity contribution in [3.05, 3.63) is 63.0 Å². The van der Waals surface area contributed by atoms with Crippen molar-refractivity contribution in [1.82, 2.24) is 0 Å². The summed E-state index contributed by atoms with van der Waals surface area (Å²) in [5.74, 6) is -0.294. The van der Waals surface area contributed by atoms with Gasteiger partial charge in [0, 0.05) is 21.1 Å². The minimum atomic E-state index is -3.40. The summed E-state index contributed by atoms with van der Waals surface area (Å²) in [6.45, 7) is 0. The predicted molar refractivity (Wildman–Crippen MR) is 91.5 cm³/mol. The molecule has 1 aliphatic heterocycles. The Hall–Kier alpha value is -1.82. The zero-order valence-electron chi connectivity index (χ0n) is 11.7. The van der Waals surface area contributed by atoms with Crippen LogP contribution >= 0.6 is 23.2 Å². The molecule has 2 aromatic rings. The molecule has 2 aromatic carbocycles. The first-order valence-corrected chi connectivity index (χ1v) is 8.96. The Morgan fingerprint density at radius 3 is 2.61 bits per heavy atom. The maximum absolute atomic E-state index is 12.1. The SMILES string of the molecule is O=C(Cc1ccc(Cl)cc1Cl)Nc1ccc2c(c1)S(=O)(=O)C=C2. The van der Waals surface area contributed by atoms with E-state index in [-0.39, 0.29) is 17.2 Å². The number of rotatable bonds is 3. The highest BCUT2D eigenvalue weighted by Crippen LogP contribution is 2.29. The number of anilines is 1. The fourth-order valence-corrected chi connectivity index (χ4v) is 3.98. The molecule has 23 heavy (non-hydrogen) atoms. The number of carbonyl (C=O) groups is 1. The van der Waals surface area contributed by atoms with Crippen molar-refractivity contribution in [3.63, 3.8) is 0 Å². The number of hydrogen-bond donors (Lipinski definition) is 1. The fourth-order valence-electron chi connectivity index (χ4n) is 2.28. The van der Waals surface area contributed by atoms with Crippen LogP contribution in [0.2, 0.25) is 10.0 Å². The van der Waals surface area contributed by atoms with Gasteiger partial charge in [0.15, 0.2) is 0 Å². The molecule has 1 amide bonds. The number of carbonyl (C=O) groups excluding carboxylic acids is 1. The molecule has 1 heterocycles. The van der Waals surface area contributed by atoms with Crippen molar-refractivity contribution >= 4 is 50.7 Å². The van der Waals surface area contributed by atoms with Crippen molar-refractivity contribution in [1.29, 1.82) is 0 Å². The standard InChI is InChI=1S/C16H11Cl2NO3S/c17-12-3-1-11(14(18)8-12)7-16(20)19-13-4-2-10-5-6-23(21,22)15(10)9-13/h1-6,8-9H,7H2,(H,19,20). The van der Waals surface area contributed by atoms with Crippen molar-refractivity contribution in [2.75, 3.05) is 5.32 Å².